The lowest BCUT2D eigenvalue weighted by Gasteiger charge is -2.33. The predicted molar refractivity (Wildman–Crippen MR) is 102 cm³/mol. The van der Waals surface area contributed by atoms with Crippen LogP contribution in [-0.4, -0.2) is 84.4 Å². The lowest BCUT2D eigenvalue weighted by molar-refractivity contribution is -0.0524. The Labute approximate surface area is 158 Å². The van der Waals surface area contributed by atoms with E-state index in [0.717, 1.165) is 42.6 Å². The summed E-state index contributed by atoms with van der Waals surface area (Å²) in [4.78, 5) is 20.2. The fraction of sp³-hybridized carbons (Fsp3) is 0.550. The number of aliphatic hydroxyl groups is 1. The molecule has 1 unspecified atom stereocenters. The van der Waals surface area contributed by atoms with Crippen LogP contribution >= 0.6 is 0 Å². The maximum atomic E-state index is 13.1. The zero-order valence-electron chi connectivity index (χ0n) is 15.7. The lowest BCUT2D eigenvalue weighted by atomic mass is 10.0. The first-order chi connectivity index (χ1) is 13.1. The second-order valence-electron chi connectivity index (χ2n) is 7.62. The number of carbonyl (C=O) groups excluding carboxylic acids is 1. The number of ether oxygens (including phenoxy) is 2. The third kappa shape index (κ3) is 3.95. The Morgan fingerprint density at radius 3 is 2.89 bits per heavy atom. The number of hydrogen-bond acceptors (Lipinski definition) is 5. The van der Waals surface area contributed by atoms with Gasteiger partial charge in [0.15, 0.2) is 0 Å². The van der Waals surface area contributed by atoms with Crippen LogP contribution in [0.2, 0.25) is 0 Å². The number of hydrogen-bond donors (Lipinski definition) is 2. The Morgan fingerprint density at radius 1 is 1.30 bits per heavy atom. The molecule has 0 bridgehead atoms. The van der Waals surface area contributed by atoms with Crippen molar-refractivity contribution >= 4 is 16.8 Å². The Morgan fingerprint density at radius 2 is 2.11 bits per heavy atom. The first-order valence-electron chi connectivity index (χ1n) is 9.55. The molecule has 2 aromatic rings. The van der Waals surface area contributed by atoms with Gasteiger partial charge in [-0.15, -0.1) is 0 Å². The van der Waals surface area contributed by atoms with Gasteiger partial charge in [-0.2, -0.15) is 0 Å². The van der Waals surface area contributed by atoms with E-state index < -0.39 is 5.60 Å². The van der Waals surface area contributed by atoms with Gasteiger partial charge in [0.1, 0.15) is 17.0 Å². The fourth-order valence-corrected chi connectivity index (χ4v) is 4.07. The van der Waals surface area contributed by atoms with Crippen molar-refractivity contribution in [3.05, 3.63) is 30.0 Å². The monoisotopic (exact) mass is 373 g/mol. The number of amides is 1. The number of nitrogens with zero attached hydrogens (tertiary/aromatic N) is 2. The minimum Gasteiger partial charge on any atom is -0.497 e. The molecule has 2 N–H and O–H groups in total. The molecule has 0 saturated carbocycles. The molecule has 1 amide bonds. The van der Waals surface area contributed by atoms with E-state index in [1.807, 2.05) is 24.3 Å². The van der Waals surface area contributed by atoms with Crippen molar-refractivity contribution in [3.63, 3.8) is 0 Å². The van der Waals surface area contributed by atoms with Crippen LogP contribution in [0.1, 0.15) is 23.3 Å². The Bertz CT molecular complexity index is 815. The summed E-state index contributed by atoms with van der Waals surface area (Å²) in [6, 6.07) is 7.51. The molecule has 146 valence electrons. The quantitative estimate of drug-likeness (QED) is 0.849. The summed E-state index contributed by atoms with van der Waals surface area (Å²) in [6.45, 7) is 3.99. The molecule has 1 aromatic carbocycles. The van der Waals surface area contributed by atoms with Crippen LogP contribution in [0.15, 0.2) is 24.3 Å². The highest BCUT2D eigenvalue weighted by Gasteiger charge is 2.37. The summed E-state index contributed by atoms with van der Waals surface area (Å²) >= 11 is 0. The van der Waals surface area contributed by atoms with E-state index in [9.17, 15) is 9.90 Å². The molecule has 0 radical (unpaired) electrons. The van der Waals surface area contributed by atoms with Crippen molar-refractivity contribution in [3.8, 4) is 5.75 Å². The van der Waals surface area contributed by atoms with E-state index in [-0.39, 0.29) is 19.1 Å². The van der Waals surface area contributed by atoms with Crippen LogP contribution in [0.3, 0.4) is 0 Å². The average Bonchev–Trinajstić information content (AvgIpc) is 3.27. The topological polar surface area (TPSA) is 78.0 Å². The molecule has 3 heterocycles. The van der Waals surface area contributed by atoms with E-state index in [1.165, 1.54) is 0 Å². The van der Waals surface area contributed by atoms with Gasteiger partial charge in [0.25, 0.3) is 5.91 Å². The average molecular weight is 373 g/mol. The molecule has 4 rings (SSSR count). The second-order valence-corrected chi connectivity index (χ2v) is 7.62. The van der Waals surface area contributed by atoms with Crippen molar-refractivity contribution in [1.29, 1.82) is 0 Å². The minimum atomic E-state index is -1.04. The van der Waals surface area contributed by atoms with Gasteiger partial charge < -0.3 is 29.4 Å². The molecule has 1 atom stereocenters. The molecule has 7 heteroatoms. The number of fused-ring (bicyclic) bond motifs is 1. The molecule has 1 aromatic heterocycles. The SMILES string of the molecule is COc1ccc2[nH]c(C(=O)N3CCOCC(O)(CN4CCCC4)C3)cc2c1. The summed E-state index contributed by atoms with van der Waals surface area (Å²) < 4.78 is 10.9. The van der Waals surface area contributed by atoms with Gasteiger partial charge in [0, 0.05) is 24.0 Å². The van der Waals surface area contributed by atoms with Crippen molar-refractivity contribution in [2.75, 3.05) is 53.0 Å². The van der Waals surface area contributed by atoms with Crippen LogP contribution in [-0.2, 0) is 4.74 Å². The molecular weight excluding hydrogens is 346 g/mol. The van der Waals surface area contributed by atoms with E-state index in [4.69, 9.17) is 9.47 Å². The highest BCUT2D eigenvalue weighted by Crippen LogP contribution is 2.23. The summed E-state index contributed by atoms with van der Waals surface area (Å²) in [7, 11) is 1.62. The van der Waals surface area contributed by atoms with Gasteiger partial charge in [0.2, 0.25) is 0 Å². The number of aromatic nitrogens is 1. The number of likely N-dealkylation sites (tertiary alicyclic amines) is 1. The van der Waals surface area contributed by atoms with Gasteiger partial charge in [-0.25, -0.2) is 0 Å². The number of rotatable bonds is 4. The Balaban J connectivity index is 1.52. The molecule has 2 aliphatic heterocycles. The molecule has 7 nitrogen and oxygen atoms in total. The van der Waals surface area contributed by atoms with E-state index in [0.29, 0.717) is 25.4 Å². The first kappa shape index (κ1) is 18.3. The van der Waals surface area contributed by atoms with Crippen molar-refractivity contribution in [2.45, 2.75) is 18.4 Å². The zero-order chi connectivity index (χ0) is 18.9. The number of nitrogens with one attached hydrogen (secondary N) is 1. The highest BCUT2D eigenvalue weighted by molar-refractivity contribution is 5.98. The van der Waals surface area contributed by atoms with Crippen LogP contribution in [0, 0.1) is 0 Å². The zero-order valence-corrected chi connectivity index (χ0v) is 15.7. The largest absolute Gasteiger partial charge is 0.497 e. The molecule has 2 aliphatic rings. The number of carbonyl (C=O) groups is 1. The molecular formula is C20H27N3O4. The number of H-pyrrole nitrogens is 1. The summed E-state index contributed by atoms with van der Waals surface area (Å²) in [5, 5.41) is 12.0. The number of methoxy groups -OCH3 is 1. The van der Waals surface area contributed by atoms with Gasteiger partial charge >= 0.3 is 0 Å². The van der Waals surface area contributed by atoms with Crippen LogP contribution in [0.5, 0.6) is 5.75 Å². The molecule has 0 spiro atoms. The maximum absolute atomic E-state index is 13.1. The van der Waals surface area contributed by atoms with E-state index >= 15 is 0 Å². The van der Waals surface area contributed by atoms with Crippen molar-refractivity contribution in [1.82, 2.24) is 14.8 Å². The van der Waals surface area contributed by atoms with Crippen LogP contribution in [0.4, 0.5) is 0 Å². The molecule has 27 heavy (non-hydrogen) atoms. The third-order valence-corrected chi connectivity index (χ3v) is 5.42. The van der Waals surface area contributed by atoms with Crippen molar-refractivity contribution < 1.29 is 19.4 Å². The molecule has 0 aliphatic carbocycles. The summed E-state index contributed by atoms with van der Waals surface area (Å²) in [6.07, 6.45) is 2.33. The Hall–Kier alpha value is -2.09. The standard InChI is InChI=1S/C20H27N3O4/c1-26-16-4-5-17-15(10-16)11-18(21-17)19(24)23-8-9-27-14-20(25,13-23)12-22-6-2-3-7-22/h4-5,10-11,21,25H,2-3,6-9,12-14H2,1H3. The van der Waals surface area contributed by atoms with Crippen molar-refractivity contribution in [2.24, 2.45) is 0 Å². The third-order valence-electron chi connectivity index (χ3n) is 5.42. The summed E-state index contributed by atoms with van der Waals surface area (Å²) in [5.74, 6) is 0.638. The van der Waals surface area contributed by atoms with Gasteiger partial charge in [-0.05, 0) is 50.2 Å². The van der Waals surface area contributed by atoms with Crippen LogP contribution in [0.25, 0.3) is 10.9 Å². The van der Waals surface area contributed by atoms with Gasteiger partial charge in [-0.3, -0.25) is 4.79 Å². The molecule has 2 fully saturated rings. The number of aromatic amines is 1. The maximum Gasteiger partial charge on any atom is 0.270 e. The summed E-state index contributed by atoms with van der Waals surface area (Å²) in [5.41, 5.74) is 0.368. The van der Waals surface area contributed by atoms with E-state index in [1.54, 1.807) is 12.0 Å². The highest BCUT2D eigenvalue weighted by atomic mass is 16.5. The normalized spacial score (nSPS) is 24.3. The van der Waals surface area contributed by atoms with Crippen LogP contribution < -0.4 is 4.74 Å². The Kier molecular flexibility index (Phi) is 5.08. The smallest absolute Gasteiger partial charge is 0.270 e. The first-order valence-corrected chi connectivity index (χ1v) is 9.55. The number of benzene rings is 1. The predicted octanol–water partition coefficient (Wildman–Crippen LogP) is 1.48. The minimum absolute atomic E-state index is 0.115. The van der Waals surface area contributed by atoms with E-state index in [2.05, 4.69) is 9.88 Å². The van der Waals surface area contributed by atoms with Gasteiger partial charge in [0.05, 0.1) is 26.9 Å². The second kappa shape index (κ2) is 7.50. The molecule has 2 saturated heterocycles. The fourth-order valence-electron chi connectivity index (χ4n) is 4.07. The number of β-amino-alcohol motifs (C(OH)–C–C–N with tert-alkyl or cyclic N) is 1. The lowest BCUT2D eigenvalue weighted by Crippen LogP contribution is -2.53. The van der Waals surface area contributed by atoms with Gasteiger partial charge in [-0.1, -0.05) is 0 Å².